The van der Waals surface area contributed by atoms with Crippen molar-refractivity contribution in [2.75, 3.05) is 6.54 Å². The number of carbonyl (C=O) groups is 1. The molecule has 2 N–H and O–H groups in total. The van der Waals surface area contributed by atoms with E-state index in [1.807, 2.05) is 0 Å². The van der Waals surface area contributed by atoms with Gasteiger partial charge in [-0.05, 0) is 61.6 Å². The fraction of sp³-hybridized carbons (Fsp3) is 0.650. The minimum Gasteiger partial charge on any atom is -0.356 e. The molecule has 3 atom stereocenters. The van der Waals surface area contributed by atoms with E-state index < -0.39 is 0 Å². The van der Waals surface area contributed by atoms with Crippen LogP contribution in [-0.4, -0.2) is 24.5 Å². The highest BCUT2D eigenvalue weighted by atomic mass is 79.9. The van der Waals surface area contributed by atoms with Crippen LogP contribution in [0.15, 0.2) is 28.7 Å². The number of benzene rings is 1. The normalized spacial score (nSPS) is 25.9. The van der Waals surface area contributed by atoms with E-state index in [9.17, 15) is 4.79 Å². The zero-order chi connectivity index (χ0) is 16.9. The molecule has 3 nitrogen and oxygen atoms in total. The van der Waals surface area contributed by atoms with Crippen molar-refractivity contribution in [1.29, 1.82) is 0 Å². The largest absolute Gasteiger partial charge is 0.356 e. The first-order valence-electron chi connectivity index (χ1n) is 9.39. The molecular formula is C20H30BrClN2O. The monoisotopic (exact) mass is 428 g/mol. The molecule has 1 amide bonds. The summed E-state index contributed by atoms with van der Waals surface area (Å²) < 4.78 is 1.12. The lowest BCUT2D eigenvalue weighted by Gasteiger charge is -2.28. The molecule has 3 unspecified atom stereocenters. The van der Waals surface area contributed by atoms with Crippen LogP contribution in [0.25, 0.3) is 0 Å². The maximum absolute atomic E-state index is 12.3. The predicted molar refractivity (Wildman–Crippen MR) is 109 cm³/mol. The Balaban J connectivity index is 0.00000225. The van der Waals surface area contributed by atoms with Gasteiger partial charge >= 0.3 is 0 Å². The smallest absolute Gasteiger partial charge is 0.220 e. The second kappa shape index (κ2) is 9.94. The van der Waals surface area contributed by atoms with Crippen LogP contribution in [0.3, 0.4) is 0 Å². The van der Waals surface area contributed by atoms with Gasteiger partial charge in [0, 0.05) is 29.5 Å². The maximum atomic E-state index is 12.3. The maximum Gasteiger partial charge on any atom is 0.220 e. The number of rotatable bonds is 7. The van der Waals surface area contributed by atoms with Crippen molar-refractivity contribution in [2.24, 2.45) is 11.8 Å². The Morgan fingerprint density at radius 1 is 1.32 bits per heavy atom. The molecule has 140 valence electrons. The van der Waals surface area contributed by atoms with E-state index in [2.05, 4.69) is 57.8 Å². The molecule has 2 aliphatic rings. The zero-order valence-electron chi connectivity index (χ0n) is 15.0. The minimum atomic E-state index is 0. The van der Waals surface area contributed by atoms with Crippen LogP contribution in [0, 0.1) is 11.8 Å². The molecule has 2 saturated heterocycles. The molecule has 25 heavy (non-hydrogen) atoms. The summed E-state index contributed by atoms with van der Waals surface area (Å²) in [6, 6.07) is 9.81. The third-order valence-corrected chi connectivity index (χ3v) is 6.12. The number of fused-ring (bicyclic) bond motifs is 2. The molecule has 0 spiro atoms. The average Bonchev–Trinajstić information content (AvgIpc) is 2.90. The number of carbonyl (C=O) groups excluding carboxylic acids is 1. The van der Waals surface area contributed by atoms with Crippen LogP contribution in [-0.2, 0) is 11.2 Å². The summed E-state index contributed by atoms with van der Waals surface area (Å²) in [6.07, 6.45) is 7.78. The Labute approximate surface area is 166 Å². The fourth-order valence-corrected chi connectivity index (χ4v) is 4.74. The van der Waals surface area contributed by atoms with Crippen molar-refractivity contribution in [3.63, 3.8) is 0 Å². The van der Waals surface area contributed by atoms with E-state index >= 15 is 0 Å². The Kier molecular flexibility index (Phi) is 8.24. The van der Waals surface area contributed by atoms with Crippen molar-refractivity contribution < 1.29 is 4.79 Å². The fourth-order valence-electron chi connectivity index (χ4n) is 4.29. The highest BCUT2D eigenvalue weighted by Crippen LogP contribution is 2.32. The lowest BCUT2D eigenvalue weighted by Crippen LogP contribution is -2.40. The zero-order valence-corrected chi connectivity index (χ0v) is 17.4. The van der Waals surface area contributed by atoms with Gasteiger partial charge in [-0.2, -0.15) is 0 Å². The summed E-state index contributed by atoms with van der Waals surface area (Å²) in [6.45, 7) is 3.00. The van der Waals surface area contributed by atoms with Gasteiger partial charge in [-0.3, -0.25) is 4.79 Å². The average molecular weight is 430 g/mol. The molecule has 2 heterocycles. The first-order chi connectivity index (χ1) is 11.6. The van der Waals surface area contributed by atoms with Gasteiger partial charge < -0.3 is 10.6 Å². The molecule has 1 aromatic carbocycles. The predicted octanol–water partition coefficient (Wildman–Crippen LogP) is 4.48. The van der Waals surface area contributed by atoms with Crippen LogP contribution in [0.5, 0.6) is 0 Å². The first-order valence-corrected chi connectivity index (χ1v) is 10.2. The SMILES string of the molecule is CCC(CNC(=O)CC1CC2CCC(C1)N2)Cc1cccc(Br)c1.Cl. The van der Waals surface area contributed by atoms with E-state index in [0.29, 0.717) is 30.3 Å². The molecule has 1 aromatic rings. The molecule has 0 saturated carbocycles. The highest BCUT2D eigenvalue weighted by Gasteiger charge is 2.34. The van der Waals surface area contributed by atoms with Gasteiger partial charge in [-0.15, -0.1) is 12.4 Å². The topological polar surface area (TPSA) is 41.1 Å². The second-order valence-corrected chi connectivity index (χ2v) is 8.51. The lowest BCUT2D eigenvalue weighted by atomic mass is 9.89. The van der Waals surface area contributed by atoms with Gasteiger partial charge in [0.1, 0.15) is 0 Å². The van der Waals surface area contributed by atoms with E-state index in [-0.39, 0.29) is 18.3 Å². The van der Waals surface area contributed by atoms with Gasteiger partial charge in [0.05, 0.1) is 0 Å². The van der Waals surface area contributed by atoms with Crippen molar-refractivity contribution in [3.05, 3.63) is 34.3 Å². The van der Waals surface area contributed by atoms with Crippen molar-refractivity contribution in [2.45, 2.75) is 64.0 Å². The number of piperidine rings is 1. The molecular weight excluding hydrogens is 400 g/mol. The number of halogens is 2. The van der Waals surface area contributed by atoms with Crippen LogP contribution >= 0.6 is 28.3 Å². The van der Waals surface area contributed by atoms with Gasteiger partial charge in [-0.1, -0.05) is 41.4 Å². The molecule has 3 rings (SSSR count). The van der Waals surface area contributed by atoms with Gasteiger partial charge in [-0.25, -0.2) is 0 Å². The van der Waals surface area contributed by atoms with Crippen LogP contribution in [0.2, 0.25) is 0 Å². The number of hydrogen-bond donors (Lipinski definition) is 2. The Morgan fingerprint density at radius 2 is 2.04 bits per heavy atom. The third kappa shape index (κ3) is 6.26. The highest BCUT2D eigenvalue weighted by molar-refractivity contribution is 9.10. The van der Waals surface area contributed by atoms with Crippen LogP contribution in [0.4, 0.5) is 0 Å². The van der Waals surface area contributed by atoms with Crippen LogP contribution in [0.1, 0.15) is 51.0 Å². The van der Waals surface area contributed by atoms with Crippen molar-refractivity contribution in [1.82, 2.24) is 10.6 Å². The van der Waals surface area contributed by atoms with Gasteiger partial charge in [0.25, 0.3) is 0 Å². The summed E-state index contributed by atoms with van der Waals surface area (Å²) in [4.78, 5) is 12.3. The first kappa shape index (κ1) is 20.7. The van der Waals surface area contributed by atoms with Gasteiger partial charge in [0.2, 0.25) is 5.91 Å². The summed E-state index contributed by atoms with van der Waals surface area (Å²) in [5.41, 5.74) is 1.33. The number of amides is 1. The number of hydrogen-bond acceptors (Lipinski definition) is 2. The molecule has 0 radical (unpaired) electrons. The van der Waals surface area contributed by atoms with Crippen molar-refractivity contribution >= 4 is 34.2 Å². The molecule has 0 aliphatic carbocycles. The van der Waals surface area contributed by atoms with E-state index in [1.165, 1.54) is 31.2 Å². The Bertz CT molecular complexity index is 556. The van der Waals surface area contributed by atoms with E-state index in [0.717, 1.165) is 23.9 Å². The quantitative estimate of drug-likeness (QED) is 0.671. The second-order valence-electron chi connectivity index (χ2n) is 7.59. The van der Waals surface area contributed by atoms with Crippen molar-refractivity contribution in [3.8, 4) is 0 Å². The molecule has 0 aromatic heterocycles. The summed E-state index contributed by atoms with van der Waals surface area (Å²) in [7, 11) is 0. The summed E-state index contributed by atoms with van der Waals surface area (Å²) in [5, 5.41) is 6.84. The standard InChI is InChI=1S/C20H29BrN2O.ClH/c1-2-14(8-15-4-3-5-17(21)9-15)13-22-20(24)12-16-10-18-6-7-19(11-16)23-18;/h3-5,9,14,16,18-19,23H,2,6-8,10-13H2,1H3,(H,22,24);1H. The van der Waals surface area contributed by atoms with E-state index in [4.69, 9.17) is 0 Å². The Morgan fingerprint density at radius 3 is 2.68 bits per heavy atom. The molecule has 2 bridgehead atoms. The molecule has 2 aliphatic heterocycles. The lowest BCUT2D eigenvalue weighted by molar-refractivity contribution is -0.122. The molecule has 2 fully saturated rings. The van der Waals surface area contributed by atoms with E-state index in [1.54, 1.807) is 0 Å². The minimum absolute atomic E-state index is 0. The Hall–Kier alpha value is -0.580. The molecule has 5 heteroatoms. The van der Waals surface area contributed by atoms with Crippen LogP contribution < -0.4 is 10.6 Å². The summed E-state index contributed by atoms with van der Waals surface area (Å²) >= 11 is 3.53. The number of nitrogens with one attached hydrogen (secondary N) is 2. The summed E-state index contributed by atoms with van der Waals surface area (Å²) in [5.74, 6) is 1.33. The third-order valence-electron chi connectivity index (χ3n) is 5.62. The van der Waals surface area contributed by atoms with Gasteiger partial charge in [0.15, 0.2) is 0 Å².